The SMILES string of the molecule is Cn1c(=O)n(C)c2cc(S(=O)(=O)Nc3cccc(Cl)c3N3CCOCC3)ccc21. The summed E-state index contributed by atoms with van der Waals surface area (Å²) in [6, 6.07) is 9.74. The minimum Gasteiger partial charge on any atom is -0.378 e. The molecule has 2 heterocycles. The smallest absolute Gasteiger partial charge is 0.328 e. The van der Waals surface area contributed by atoms with Crippen molar-refractivity contribution in [2.45, 2.75) is 4.90 Å². The number of imidazole rings is 1. The maximum atomic E-state index is 13.1. The third kappa shape index (κ3) is 3.50. The van der Waals surface area contributed by atoms with Crippen LogP contribution in [0.3, 0.4) is 0 Å². The van der Waals surface area contributed by atoms with Gasteiger partial charge in [-0.25, -0.2) is 13.2 Å². The van der Waals surface area contributed by atoms with Gasteiger partial charge < -0.3 is 9.64 Å². The predicted molar refractivity (Wildman–Crippen MR) is 113 cm³/mol. The molecule has 2 aromatic carbocycles. The van der Waals surface area contributed by atoms with Crippen LogP contribution in [0, 0.1) is 0 Å². The summed E-state index contributed by atoms with van der Waals surface area (Å²) in [4.78, 5) is 14.2. The maximum Gasteiger partial charge on any atom is 0.328 e. The van der Waals surface area contributed by atoms with Crippen molar-refractivity contribution in [3.05, 3.63) is 51.9 Å². The molecule has 0 atom stereocenters. The lowest BCUT2D eigenvalue weighted by atomic mass is 10.2. The van der Waals surface area contributed by atoms with Crippen LogP contribution in [-0.4, -0.2) is 43.9 Å². The highest BCUT2D eigenvalue weighted by Gasteiger charge is 2.23. The molecule has 1 saturated heterocycles. The van der Waals surface area contributed by atoms with Gasteiger partial charge in [0.25, 0.3) is 10.0 Å². The molecule has 0 amide bonds. The Morgan fingerprint density at radius 3 is 2.45 bits per heavy atom. The van der Waals surface area contributed by atoms with E-state index in [2.05, 4.69) is 4.72 Å². The second-order valence-corrected chi connectivity index (χ2v) is 8.98. The molecule has 3 aromatic rings. The van der Waals surface area contributed by atoms with Crippen molar-refractivity contribution in [3.63, 3.8) is 0 Å². The molecule has 4 rings (SSSR count). The summed E-state index contributed by atoms with van der Waals surface area (Å²) in [5.41, 5.74) is 2.02. The van der Waals surface area contributed by atoms with Crippen molar-refractivity contribution in [1.29, 1.82) is 0 Å². The molecule has 1 aliphatic rings. The van der Waals surface area contributed by atoms with E-state index in [0.717, 1.165) is 0 Å². The number of hydrogen-bond donors (Lipinski definition) is 1. The van der Waals surface area contributed by atoms with Crippen LogP contribution in [-0.2, 0) is 28.9 Å². The van der Waals surface area contributed by atoms with Crippen LogP contribution in [0.5, 0.6) is 0 Å². The number of rotatable bonds is 4. The van der Waals surface area contributed by atoms with E-state index >= 15 is 0 Å². The Morgan fingerprint density at radius 2 is 1.72 bits per heavy atom. The van der Waals surface area contributed by atoms with Crippen molar-refractivity contribution >= 4 is 44.0 Å². The summed E-state index contributed by atoms with van der Waals surface area (Å²) in [5.74, 6) is 0. The van der Waals surface area contributed by atoms with Crippen LogP contribution >= 0.6 is 11.6 Å². The van der Waals surface area contributed by atoms with E-state index in [9.17, 15) is 13.2 Å². The molecule has 1 aliphatic heterocycles. The average molecular weight is 437 g/mol. The minimum atomic E-state index is -3.89. The highest BCUT2D eigenvalue weighted by molar-refractivity contribution is 7.92. The van der Waals surface area contributed by atoms with E-state index in [1.807, 2.05) is 4.90 Å². The Kier molecular flexibility index (Phi) is 5.05. The molecule has 0 radical (unpaired) electrons. The fourth-order valence-electron chi connectivity index (χ4n) is 3.56. The average Bonchev–Trinajstić information content (AvgIpc) is 2.92. The zero-order valence-corrected chi connectivity index (χ0v) is 17.6. The molecule has 1 aromatic heterocycles. The number of ether oxygens (including phenoxy) is 1. The second-order valence-electron chi connectivity index (χ2n) is 6.89. The van der Waals surface area contributed by atoms with Crippen molar-refractivity contribution < 1.29 is 13.2 Å². The fraction of sp³-hybridized carbons (Fsp3) is 0.316. The molecule has 10 heteroatoms. The van der Waals surface area contributed by atoms with E-state index in [0.29, 0.717) is 53.7 Å². The lowest BCUT2D eigenvalue weighted by molar-refractivity contribution is 0.123. The lowest BCUT2D eigenvalue weighted by Gasteiger charge is -2.31. The number of nitrogens with zero attached hydrogens (tertiary/aromatic N) is 3. The topological polar surface area (TPSA) is 85.6 Å². The molecule has 8 nitrogen and oxygen atoms in total. The first-order valence-electron chi connectivity index (χ1n) is 9.09. The molecular weight excluding hydrogens is 416 g/mol. The number of aromatic nitrogens is 2. The zero-order chi connectivity index (χ0) is 20.8. The Bertz CT molecular complexity index is 1240. The molecule has 154 valence electrons. The monoisotopic (exact) mass is 436 g/mol. The van der Waals surface area contributed by atoms with Crippen molar-refractivity contribution in [2.75, 3.05) is 35.9 Å². The van der Waals surface area contributed by atoms with Gasteiger partial charge in [0.15, 0.2) is 0 Å². The molecular formula is C19H21ClN4O4S. The third-order valence-electron chi connectivity index (χ3n) is 5.11. The van der Waals surface area contributed by atoms with E-state index in [1.54, 1.807) is 38.4 Å². The molecule has 29 heavy (non-hydrogen) atoms. The fourth-order valence-corrected chi connectivity index (χ4v) is 4.94. The number of anilines is 2. The first-order valence-corrected chi connectivity index (χ1v) is 11.0. The van der Waals surface area contributed by atoms with Crippen LogP contribution in [0.2, 0.25) is 5.02 Å². The molecule has 1 fully saturated rings. The molecule has 1 N–H and O–H groups in total. The van der Waals surface area contributed by atoms with E-state index < -0.39 is 10.0 Å². The highest BCUT2D eigenvalue weighted by Crippen LogP contribution is 2.35. The number of halogens is 1. The second kappa shape index (κ2) is 7.40. The Hall–Kier alpha value is -2.49. The minimum absolute atomic E-state index is 0.0686. The number of hydrogen-bond acceptors (Lipinski definition) is 5. The van der Waals surface area contributed by atoms with Gasteiger partial charge in [-0.05, 0) is 30.3 Å². The van der Waals surface area contributed by atoms with Gasteiger partial charge in [-0.15, -0.1) is 0 Å². The third-order valence-corrected chi connectivity index (χ3v) is 6.78. The van der Waals surface area contributed by atoms with Crippen LogP contribution in [0.15, 0.2) is 46.1 Å². The van der Waals surface area contributed by atoms with Gasteiger partial charge in [-0.1, -0.05) is 17.7 Å². The number of para-hydroxylation sites is 1. The number of sulfonamides is 1. The summed E-state index contributed by atoms with van der Waals surface area (Å²) in [6.45, 7) is 2.35. The van der Waals surface area contributed by atoms with Gasteiger partial charge in [-0.3, -0.25) is 13.9 Å². The standard InChI is InChI=1S/C19H21ClN4O4S/c1-22-16-7-6-13(12-17(16)23(2)19(22)25)29(26,27)21-15-5-3-4-14(20)18(15)24-8-10-28-11-9-24/h3-7,12,21H,8-11H2,1-2H3. The maximum absolute atomic E-state index is 13.1. The Morgan fingerprint density at radius 1 is 1.03 bits per heavy atom. The zero-order valence-electron chi connectivity index (χ0n) is 16.1. The van der Waals surface area contributed by atoms with E-state index in [-0.39, 0.29) is 10.6 Å². The Labute approximate surface area is 173 Å². The highest BCUT2D eigenvalue weighted by atomic mass is 35.5. The van der Waals surface area contributed by atoms with Gasteiger partial charge in [0.2, 0.25) is 0 Å². The van der Waals surface area contributed by atoms with Crippen molar-refractivity contribution in [2.24, 2.45) is 14.1 Å². The van der Waals surface area contributed by atoms with Gasteiger partial charge >= 0.3 is 5.69 Å². The normalized spacial score (nSPS) is 15.1. The number of morpholine rings is 1. The van der Waals surface area contributed by atoms with Crippen LogP contribution < -0.4 is 15.3 Å². The van der Waals surface area contributed by atoms with Crippen LogP contribution in [0.25, 0.3) is 11.0 Å². The molecule has 0 saturated carbocycles. The number of aryl methyl sites for hydroxylation is 2. The van der Waals surface area contributed by atoms with Gasteiger partial charge in [0, 0.05) is 27.2 Å². The summed E-state index contributed by atoms with van der Waals surface area (Å²) in [6.07, 6.45) is 0. The van der Waals surface area contributed by atoms with Crippen LogP contribution in [0.1, 0.15) is 0 Å². The first kappa shape index (κ1) is 19.8. The molecule has 0 bridgehead atoms. The largest absolute Gasteiger partial charge is 0.378 e. The predicted octanol–water partition coefficient (Wildman–Crippen LogP) is 2.17. The number of fused-ring (bicyclic) bond motifs is 1. The van der Waals surface area contributed by atoms with Crippen LogP contribution in [0.4, 0.5) is 11.4 Å². The van der Waals surface area contributed by atoms with Crippen molar-refractivity contribution in [1.82, 2.24) is 9.13 Å². The quantitative estimate of drug-likeness (QED) is 0.677. The summed E-state index contributed by atoms with van der Waals surface area (Å²) < 4.78 is 37.1. The summed E-state index contributed by atoms with van der Waals surface area (Å²) in [7, 11) is -0.631. The number of benzene rings is 2. The van der Waals surface area contributed by atoms with Gasteiger partial charge in [0.1, 0.15) is 0 Å². The van der Waals surface area contributed by atoms with E-state index in [1.165, 1.54) is 21.3 Å². The lowest BCUT2D eigenvalue weighted by Crippen LogP contribution is -2.37. The summed E-state index contributed by atoms with van der Waals surface area (Å²) >= 11 is 6.40. The first-order chi connectivity index (χ1) is 13.8. The van der Waals surface area contributed by atoms with E-state index in [4.69, 9.17) is 16.3 Å². The van der Waals surface area contributed by atoms with Gasteiger partial charge in [-0.2, -0.15) is 0 Å². The molecule has 0 aliphatic carbocycles. The molecule has 0 spiro atoms. The summed E-state index contributed by atoms with van der Waals surface area (Å²) in [5, 5.41) is 0.466. The van der Waals surface area contributed by atoms with Gasteiger partial charge in [0.05, 0.1) is 45.5 Å². The Balaban J connectivity index is 1.75. The number of nitrogens with one attached hydrogen (secondary N) is 1. The van der Waals surface area contributed by atoms with Crippen molar-refractivity contribution in [3.8, 4) is 0 Å². The molecule has 0 unspecified atom stereocenters.